The lowest BCUT2D eigenvalue weighted by atomic mass is 9.86. The minimum absolute atomic E-state index is 0.116. The van der Waals surface area contributed by atoms with Gasteiger partial charge in [-0.3, -0.25) is 9.59 Å². The Bertz CT molecular complexity index is 849. The van der Waals surface area contributed by atoms with Gasteiger partial charge in [-0.15, -0.1) is 0 Å². The molecule has 2 fully saturated rings. The molecule has 2 aliphatic heterocycles. The van der Waals surface area contributed by atoms with E-state index >= 15 is 0 Å². The van der Waals surface area contributed by atoms with Crippen molar-refractivity contribution in [1.29, 1.82) is 0 Å². The fourth-order valence-electron chi connectivity index (χ4n) is 4.53. The van der Waals surface area contributed by atoms with E-state index in [1.807, 2.05) is 40.5 Å². The number of benzene rings is 1. The Hall–Kier alpha value is -1.95. The highest BCUT2D eigenvalue weighted by Crippen LogP contribution is 2.40. The zero-order chi connectivity index (χ0) is 18.9. The summed E-state index contributed by atoms with van der Waals surface area (Å²) in [6, 6.07) is 8.11. The number of para-hydroxylation sites is 1. The molecular formula is C21H27N3O2S. The first kappa shape index (κ1) is 18.4. The summed E-state index contributed by atoms with van der Waals surface area (Å²) >= 11 is 1.72. The lowest BCUT2D eigenvalue weighted by Crippen LogP contribution is -2.36. The summed E-state index contributed by atoms with van der Waals surface area (Å²) in [5, 5.41) is 1.13. The minimum Gasteiger partial charge on any atom is -0.361 e. The number of hydrogen-bond acceptors (Lipinski definition) is 3. The Morgan fingerprint density at radius 3 is 2.56 bits per heavy atom. The van der Waals surface area contributed by atoms with Gasteiger partial charge in [0.1, 0.15) is 0 Å². The second-order valence-corrected chi connectivity index (χ2v) is 8.90. The van der Waals surface area contributed by atoms with Gasteiger partial charge in [-0.25, -0.2) is 0 Å². The average molecular weight is 386 g/mol. The summed E-state index contributed by atoms with van der Waals surface area (Å²) in [6.07, 6.45) is 7.09. The SMILES string of the molecule is CSCCC(=O)N1CCC2(CCN(C(=O)Cc3c[nH]c4ccccc34)C2)C1. The highest BCUT2D eigenvalue weighted by molar-refractivity contribution is 7.98. The number of carbonyl (C=O) groups excluding carboxylic acids is 2. The zero-order valence-electron chi connectivity index (χ0n) is 15.9. The number of carbonyl (C=O) groups is 2. The third kappa shape index (κ3) is 3.72. The third-order valence-corrected chi connectivity index (χ3v) is 6.73. The van der Waals surface area contributed by atoms with Crippen LogP contribution >= 0.6 is 11.8 Å². The van der Waals surface area contributed by atoms with E-state index < -0.39 is 0 Å². The van der Waals surface area contributed by atoms with E-state index in [2.05, 4.69) is 11.1 Å². The lowest BCUT2D eigenvalue weighted by molar-refractivity contribution is -0.130. The first-order valence-corrected chi connectivity index (χ1v) is 11.1. The molecular weight excluding hydrogens is 358 g/mol. The maximum Gasteiger partial charge on any atom is 0.227 e. The number of H-pyrrole nitrogens is 1. The Morgan fingerprint density at radius 2 is 1.81 bits per heavy atom. The normalized spacial score (nSPS) is 22.3. The number of fused-ring (bicyclic) bond motifs is 1. The second-order valence-electron chi connectivity index (χ2n) is 7.91. The molecule has 5 nitrogen and oxygen atoms in total. The summed E-state index contributed by atoms with van der Waals surface area (Å²) in [7, 11) is 0. The van der Waals surface area contributed by atoms with Gasteiger partial charge in [-0.1, -0.05) is 18.2 Å². The van der Waals surface area contributed by atoms with Gasteiger partial charge in [0.25, 0.3) is 0 Å². The van der Waals surface area contributed by atoms with Crippen molar-refractivity contribution < 1.29 is 9.59 Å². The first-order valence-electron chi connectivity index (χ1n) is 9.70. The summed E-state index contributed by atoms with van der Waals surface area (Å²) in [5.41, 5.74) is 2.26. The third-order valence-electron chi connectivity index (χ3n) is 6.12. The highest BCUT2D eigenvalue weighted by atomic mass is 32.2. The predicted molar refractivity (Wildman–Crippen MR) is 110 cm³/mol. The van der Waals surface area contributed by atoms with Crippen LogP contribution in [0.1, 0.15) is 24.8 Å². The molecule has 0 saturated carbocycles. The van der Waals surface area contributed by atoms with E-state index in [1.54, 1.807) is 11.8 Å². The summed E-state index contributed by atoms with van der Waals surface area (Å²) < 4.78 is 0. The van der Waals surface area contributed by atoms with Crippen LogP contribution in [0.15, 0.2) is 30.5 Å². The molecule has 4 rings (SSSR count). The molecule has 1 aromatic carbocycles. The standard InChI is InChI=1S/C21H27N3O2S/c1-27-11-6-19(25)23-9-7-21(14-23)8-10-24(15-21)20(26)12-16-13-22-18-5-3-2-4-17(16)18/h2-5,13,22H,6-12,14-15H2,1H3. The van der Waals surface area contributed by atoms with E-state index in [-0.39, 0.29) is 17.2 Å². The molecule has 1 unspecified atom stereocenters. The van der Waals surface area contributed by atoms with Crippen LogP contribution in [0.25, 0.3) is 10.9 Å². The molecule has 27 heavy (non-hydrogen) atoms. The molecule has 6 heteroatoms. The molecule has 0 bridgehead atoms. The van der Waals surface area contributed by atoms with Gasteiger partial charge in [-0.2, -0.15) is 11.8 Å². The number of hydrogen-bond donors (Lipinski definition) is 1. The second kappa shape index (κ2) is 7.58. The van der Waals surface area contributed by atoms with Crippen LogP contribution in [0.2, 0.25) is 0 Å². The van der Waals surface area contributed by atoms with Crippen LogP contribution in [0.3, 0.4) is 0 Å². The number of likely N-dealkylation sites (tertiary alicyclic amines) is 2. The predicted octanol–water partition coefficient (Wildman–Crippen LogP) is 2.91. The summed E-state index contributed by atoms with van der Waals surface area (Å²) in [4.78, 5) is 32.5. The van der Waals surface area contributed by atoms with Gasteiger partial charge in [0.05, 0.1) is 6.42 Å². The number of rotatable bonds is 5. The van der Waals surface area contributed by atoms with Gasteiger partial charge in [-0.05, 0) is 30.7 Å². The highest BCUT2D eigenvalue weighted by Gasteiger charge is 2.45. The van der Waals surface area contributed by atoms with E-state index in [9.17, 15) is 9.59 Å². The van der Waals surface area contributed by atoms with Gasteiger partial charge >= 0.3 is 0 Å². The monoisotopic (exact) mass is 385 g/mol. The van der Waals surface area contributed by atoms with Crippen LogP contribution < -0.4 is 0 Å². The Morgan fingerprint density at radius 1 is 1.11 bits per heavy atom. The molecule has 0 radical (unpaired) electrons. The number of nitrogens with one attached hydrogen (secondary N) is 1. The average Bonchev–Trinajstić information content (AvgIpc) is 3.40. The molecule has 0 aliphatic carbocycles. The fourth-order valence-corrected chi connectivity index (χ4v) is 4.91. The largest absolute Gasteiger partial charge is 0.361 e. The van der Waals surface area contributed by atoms with Gasteiger partial charge in [0, 0.05) is 60.9 Å². The molecule has 3 heterocycles. The molecule has 2 aliphatic rings. The smallest absolute Gasteiger partial charge is 0.227 e. The van der Waals surface area contributed by atoms with Crippen LogP contribution in [0.5, 0.6) is 0 Å². The Labute approximate surface area is 164 Å². The topological polar surface area (TPSA) is 56.4 Å². The molecule has 1 spiro atoms. The van der Waals surface area contributed by atoms with Gasteiger partial charge in [0.2, 0.25) is 11.8 Å². The molecule has 1 N–H and O–H groups in total. The van der Waals surface area contributed by atoms with E-state index in [1.165, 1.54) is 0 Å². The number of nitrogens with zero attached hydrogens (tertiary/aromatic N) is 2. The van der Waals surface area contributed by atoms with Crippen molar-refractivity contribution in [2.24, 2.45) is 5.41 Å². The van der Waals surface area contributed by atoms with Crippen molar-refractivity contribution in [2.45, 2.75) is 25.7 Å². The Kier molecular flexibility index (Phi) is 5.17. The first-order chi connectivity index (χ1) is 13.1. The minimum atomic E-state index is 0.116. The maximum atomic E-state index is 12.9. The van der Waals surface area contributed by atoms with Gasteiger partial charge < -0.3 is 14.8 Å². The summed E-state index contributed by atoms with van der Waals surface area (Å²) in [6.45, 7) is 3.27. The maximum absolute atomic E-state index is 12.9. The van der Waals surface area contributed by atoms with Crippen molar-refractivity contribution in [3.8, 4) is 0 Å². The van der Waals surface area contributed by atoms with Crippen molar-refractivity contribution in [2.75, 3.05) is 38.2 Å². The Balaban J connectivity index is 1.37. The van der Waals surface area contributed by atoms with Gasteiger partial charge in [0.15, 0.2) is 0 Å². The van der Waals surface area contributed by atoms with Crippen molar-refractivity contribution in [3.05, 3.63) is 36.0 Å². The van der Waals surface area contributed by atoms with E-state index in [0.29, 0.717) is 12.8 Å². The molecule has 2 amide bonds. The molecule has 1 aromatic heterocycles. The van der Waals surface area contributed by atoms with Crippen LogP contribution in [-0.4, -0.2) is 64.8 Å². The molecule has 1 atom stereocenters. The quantitative estimate of drug-likeness (QED) is 0.861. The number of amides is 2. The number of thioether (sulfide) groups is 1. The van der Waals surface area contributed by atoms with Crippen molar-refractivity contribution >= 4 is 34.5 Å². The molecule has 2 saturated heterocycles. The van der Waals surface area contributed by atoms with Crippen molar-refractivity contribution in [1.82, 2.24) is 14.8 Å². The number of aromatic nitrogens is 1. The van der Waals surface area contributed by atoms with Crippen LogP contribution in [-0.2, 0) is 16.0 Å². The van der Waals surface area contributed by atoms with E-state index in [4.69, 9.17) is 0 Å². The van der Waals surface area contributed by atoms with Crippen LogP contribution in [0.4, 0.5) is 0 Å². The van der Waals surface area contributed by atoms with Crippen molar-refractivity contribution in [3.63, 3.8) is 0 Å². The fraction of sp³-hybridized carbons (Fsp3) is 0.524. The summed E-state index contributed by atoms with van der Waals surface area (Å²) in [5.74, 6) is 1.35. The molecule has 144 valence electrons. The van der Waals surface area contributed by atoms with E-state index in [0.717, 1.165) is 61.2 Å². The number of aromatic amines is 1. The molecule has 2 aromatic rings. The van der Waals surface area contributed by atoms with Crippen LogP contribution in [0, 0.1) is 5.41 Å². The lowest BCUT2D eigenvalue weighted by Gasteiger charge is -2.24. The zero-order valence-corrected chi connectivity index (χ0v) is 16.7.